The molecule has 0 radical (unpaired) electrons. The highest BCUT2D eigenvalue weighted by Gasteiger charge is 2.11. The minimum atomic E-state index is 0.775. The van der Waals surface area contributed by atoms with Gasteiger partial charge in [0.05, 0.1) is 5.52 Å². The minimum Gasteiger partial charge on any atom is -0.314 e. The molecule has 0 spiro atoms. The van der Waals surface area contributed by atoms with E-state index in [1.165, 1.54) is 10.9 Å². The van der Waals surface area contributed by atoms with E-state index < -0.39 is 0 Å². The summed E-state index contributed by atoms with van der Waals surface area (Å²) in [5, 5.41) is 5.32. The van der Waals surface area contributed by atoms with Crippen LogP contribution in [0.1, 0.15) is 5.56 Å². The van der Waals surface area contributed by atoms with Crippen LogP contribution in [-0.2, 0) is 6.54 Å². The van der Waals surface area contributed by atoms with Crippen molar-refractivity contribution < 1.29 is 0 Å². The second-order valence-electron chi connectivity index (χ2n) is 4.66. The number of aromatic nitrogens is 1. The number of hydrogen-bond acceptors (Lipinski definition) is 3. The summed E-state index contributed by atoms with van der Waals surface area (Å²) in [5.74, 6) is 0. The number of benzene rings is 1. The van der Waals surface area contributed by atoms with E-state index in [1.54, 1.807) is 0 Å². The number of fused-ring (bicyclic) bond motifs is 1. The highest BCUT2D eigenvalue weighted by Crippen LogP contribution is 2.22. The lowest BCUT2D eigenvalue weighted by Gasteiger charge is -2.27. The first-order chi connectivity index (χ1) is 8.83. The summed E-state index contributed by atoms with van der Waals surface area (Å²) in [6.07, 6.45) is 1.88. The quantitative estimate of drug-likeness (QED) is 0.899. The molecule has 0 unspecified atom stereocenters. The van der Waals surface area contributed by atoms with Crippen LogP contribution in [0.2, 0.25) is 5.02 Å². The molecule has 1 N–H and O–H groups in total. The Morgan fingerprint density at radius 1 is 1.22 bits per heavy atom. The lowest BCUT2D eigenvalue weighted by atomic mass is 10.1. The summed E-state index contributed by atoms with van der Waals surface area (Å²) in [5.41, 5.74) is 2.33. The number of hydrogen-bond donors (Lipinski definition) is 1. The van der Waals surface area contributed by atoms with Crippen LogP contribution in [-0.4, -0.2) is 36.1 Å². The molecule has 0 amide bonds. The number of pyridine rings is 1. The molecule has 1 fully saturated rings. The molecule has 1 aliphatic heterocycles. The molecule has 94 valence electrons. The highest BCUT2D eigenvalue weighted by atomic mass is 35.5. The lowest BCUT2D eigenvalue weighted by molar-refractivity contribution is 0.234. The van der Waals surface area contributed by atoms with Gasteiger partial charge >= 0.3 is 0 Å². The van der Waals surface area contributed by atoms with Crippen LogP contribution in [0.5, 0.6) is 0 Å². The minimum absolute atomic E-state index is 0.775. The topological polar surface area (TPSA) is 28.2 Å². The molecule has 4 heteroatoms. The third kappa shape index (κ3) is 2.48. The van der Waals surface area contributed by atoms with Crippen LogP contribution in [0.15, 0.2) is 30.5 Å². The standard InChI is InChI=1S/C14H16ClN3/c15-12-1-2-14-13(9-12)11(3-4-17-14)10-18-7-5-16-6-8-18/h1-4,9,16H,5-8,10H2. The molecular formula is C14H16ClN3. The van der Waals surface area contributed by atoms with Crippen LogP contribution >= 0.6 is 11.6 Å². The number of nitrogens with one attached hydrogen (secondary N) is 1. The maximum Gasteiger partial charge on any atom is 0.0706 e. The molecule has 0 aliphatic carbocycles. The van der Waals surface area contributed by atoms with Gasteiger partial charge in [0, 0.05) is 49.3 Å². The fourth-order valence-corrected chi connectivity index (χ4v) is 2.60. The second kappa shape index (κ2) is 5.22. The van der Waals surface area contributed by atoms with Gasteiger partial charge in [-0.2, -0.15) is 0 Å². The summed E-state index contributed by atoms with van der Waals surface area (Å²) >= 11 is 6.08. The predicted octanol–water partition coefficient (Wildman–Crippen LogP) is 2.29. The predicted molar refractivity (Wildman–Crippen MR) is 74.9 cm³/mol. The Bertz CT molecular complexity index is 550. The van der Waals surface area contributed by atoms with Gasteiger partial charge in [-0.15, -0.1) is 0 Å². The third-order valence-electron chi connectivity index (χ3n) is 3.40. The SMILES string of the molecule is Clc1ccc2nccc(CN3CCNCC3)c2c1. The van der Waals surface area contributed by atoms with Gasteiger partial charge in [-0.25, -0.2) is 0 Å². The van der Waals surface area contributed by atoms with Crippen molar-refractivity contribution in [1.29, 1.82) is 0 Å². The van der Waals surface area contributed by atoms with E-state index in [-0.39, 0.29) is 0 Å². The average Bonchev–Trinajstić information content (AvgIpc) is 2.41. The molecular weight excluding hydrogens is 246 g/mol. The fourth-order valence-electron chi connectivity index (χ4n) is 2.42. The molecule has 2 heterocycles. The van der Waals surface area contributed by atoms with E-state index in [0.29, 0.717) is 0 Å². The van der Waals surface area contributed by atoms with Gasteiger partial charge in [0.1, 0.15) is 0 Å². The molecule has 1 aliphatic rings. The molecule has 3 nitrogen and oxygen atoms in total. The van der Waals surface area contributed by atoms with Crippen LogP contribution in [0, 0.1) is 0 Å². The first kappa shape index (κ1) is 11.9. The van der Waals surface area contributed by atoms with Crippen molar-refractivity contribution in [3.63, 3.8) is 0 Å². The van der Waals surface area contributed by atoms with E-state index >= 15 is 0 Å². The van der Waals surface area contributed by atoms with Gasteiger partial charge in [0.25, 0.3) is 0 Å². The zero-order chi connectivity index (χ0) is 12.4. The summed E-state index contributed by atoms with van der Waals surface area (Å²) in [6.45, 7) is 5.32. The molecule has 0 bridgehead atoms. The van der Waals surface area contributed by atoms with Crippen molar-refractivity contribution >= 4 is 22.5 Å². The van der Waals surface area contributed by atoms with E-state index in [2.05, 4.69) is 21.3 Å². The highest BCUT2D eigenvalue weighted by molar-refractivity contribution is 6.31. The van der Waals surface area contributed by atoms with Gasteiger partial charge in [0.2, 0.25) is 0 Å². The van der Waals surface area contributed by atoms with Gasteiger partial charge < -0.3 is 5.32 Å². The molecule has 0 atom stereocenters. The molecule has 1 aromatic carbocycles. The van der Waals surface area contributed by atoms with E-state index in [4.69, 9.17) is 11.6 Å². The molecule has 2 aromatic rings. The average molecular weight is 262 g/mol. The number of piperazine rings is 1. The zero-order valence-electron chi connectivity index (χ0n) is 10.2. The zero-order valence-corrected chi connectivity index (χ0v) is 11.0. The summed E-state index contributed by atoms with van der Waals surface area (Å²) in [6, 6.07) is 7.99. The lowest BCUT2D eigenvalue weighted by Crippen LogP contribution is -2.42. The Labute approximate surface area is 112 Å². The Hall–Kier alpha value is -1.16. The Morgan fingerprint density at radius 3 is 2.89 bits per heavy atom. The number of halogens is 1. The maximum atomic E-state index is 6.08. The smallest absolute Gasteiger partial charge is 0.0706 e. The van der Waals surface area contributed by atoms with Crippen molar-refractivity contribution in [3.05, 3.63) is 41.0 Å². The summed E-state index contributed by atoms with van der Waals surface area (Å²) in [4.78, 5) is 6.85. The van der Waals surface area contributed by atoms with Crippen LogP contribution in [0.4, 0.5) is 0 Å². The van der Waals surface area contributed by atoms with Gasteiger partial charge in [-0.1, -0.05) is 11.6 Å². The van der Waals surface area contributed by atoms with Gasteiger partial charge in [0.15, 0.2) is 0 Å². The maximum absolute atomic E-state index is 6.08. The van der Waals surface area contributed by atoms with Crippen molar-refractivity contribution in [2.24, 2.45) is 0 Å². The van der Waals surface area contributed by atoms with E-state index in [0.717, 1.165) is 43.3 Å². The Morgan fingerprint density at radius 2 is 2.06 bits per heavy atom. The molecule has 0 saturated carbocycles. The molecule has 3 rings (SSSR count). The van der Waals surface area contributed by atoms with E-state index in [1.807, 2.05) is 24.4 Å². The Kier molecular flexibility index (Phi) is 3.46. The molecule has 18 heavy (non-hydrogen) atoms. The van der Waals surface area contributed by atoms with Crippen LogP contribution < -0.4 is 5.32 Å². The first-order valence-electron chi connectivity index (χ1n) is 6.29. The summed E-state index contributed by atoms with van der Waals surface area (Å²) in [7, 11) is 0. The van der Waals surface area contributed by atoms with Gasteiger partial charge in [-0.3, -0.25) is 9.88 Å². The van der Waals surface area contributed by atoms with E-state index in [9.17, 15) is 0 Å². The van der Waals surface area contributed by atoms with Gasteiger partial charge in [-0.05, 0) is 29.8 Å². The van der Waals surface area contributed by atoms with Crippen LogP contribution in [0.3, 0.4) is 0 Å². The molecule has 1 saturated heterocycles. The van der Waals surface area contributed by atoms with Crippen molar-refractivity contribution in [1.82, 2.24) is 15.2 Å². The number of rotatable bonds is 2. The van der Waals surface area contributed by atoms with Crippen molar-refractivity contribution in [2.45, 2.75) is 6.54 Å². The number of nitrogens with zero attached hydrogens (tertiary/aromatic N) is 2. The van der Waals surface area contributed by atoms with Crippen molar-refractivity contribution in [2.75, 3.05) is 26.2 Å². The van der Waals surface area contributed by atoms with Crippen LogP contribution in [0.25, 0.3) is 10.9 Å². The third-order valence-corrected chi connectivity index (χ3v) is 3.63. The first-order valence-corrected chi connectivity index (χ1v) is 6.67. The largest absolute Gasteiger partial charge is 0.314 e. The molecule has 1 aromatic heterocycles. The monoisotopic (exact) mass is 261 g/mol. The Balaban J connectivity index is 1.92. The normalized spacial score (nSPS) is 17.2. The fraction of sp³-hybridized carbons (Fsp3) is 0.357. The van der Waals surface area contributed by atoms with Crippen molar-refractivity contribution in [3.8, 4) is 0 Å². The second-order valence-corrected chi connectivity index (χ2v) is 5.09. The summed E-state index contributed by atoms with van der Waals surface area (Å²) < 4.78 is 0.